The van der Waals surface area contributed by atoms with Crippen LogP contribution in [-0.2, 0) is 21.4 Å². The van der Waals surface area contributed by atoms with E-state index in [1.807, 2.05) is 42.5 Å². The maximum Gasteiger partial charge on any atom is 0.267 e. The van der Waals surface area contributed by atoms with Crippen molar-refractivity contribution in [3.8, 4) is 0 Å². The Kier molecular flexibility index (Phi) is 4.80. The van der Waals surface area contributed by atoms with Gasteiger partial charge in [0.15, 0.2) is 0 Å². The van der Waals surface area contributed by atoms with Crippen molar-refractivity contribution in [2.45, 2.75) is 30.7 Å². The predicted molar refractivity (Wildman–Crippen MR) is 89.6 cm³/mol. The third kappa shape index (κ3) is 3.91. The molecular weight excluding hydrogens is 326 g/mol. The number of carbonyl (C=O) groups excluding carboxylic acids is 1. The summed E-state index contributed by atoms with van der Waals surface area (Å²) < 4.78 is 28.4. The van der Waals surface area contributed by atoms with Gasteiger partial charge in [-0.2, -0.15) is 5.10 Å². The molecule has 7 heteroatoms. The molecule has 1 amide bonds. The first kappa shape index (κ1) is 16.4. The normalized spacial score (nSPS) is 17.6. The summed E-state index contributed by atoms with van der Waals surface area (Å²) >= 11 is 0. The minimum Gasteiger partial charge on any atom is -0.274 e. The standard InChI is InChI=1S/C17H19N3O3S/c21-17(15-9-5-2-6-10-15)19-24(22,23)16-11-18-20(13-16)12-14-7-3-1-4-8-14/h1-5,7-8,11,13,15H,6,9-10,12H2,(H,19,21)/t15-/m1/s1. The summed E-state index contributed by atoms with van der Waals surface area (Å²) in [5.41, 5.74) is 1.02. The summed E-state index contributed by atoms with van der Waals surface area (Å²) in [5, 5.41) is 4.07. The Bertz CT molecular complexity index is 841. The maximum absolute atomic E-state index is 12.3. The summed E-state index contributed by atoms with van der Waals surface area (Å²) in [7, 11) is -3.89. The SMILES string of the molecule is O=C(NS(=O)(=O)c1cnn(Cc2ccccc2)c1)[C@@H]1CC=CCC1. The fourth-order valence-electron chi connectivity index (χ4n) is 2.65. The predicted octanol–water partition coefficient (Wildman–Crippen LogP) is 2.09. The summed E-state index contributed by atoms with van der Waals surface area (Å²) in [5.74, 6) is -0.737. The second kappa shape index (κ2) is 7.00. The molecule has 0 unspecified atom stereocenters. The number of allylic oxidation sites excluding steroid dienone is 2. The number of hydrogen-bond acceptors (Lipinski definition) is 4. The van der Waals surface area contributed by atoms with Gasteiger partial charge in [0.25, 0.3) is 10.0 Å². The summed E-state index contributed by atoms with van der Waals surface area (Å²) in [4.78, 5) is 12.1. The molecule has 1 aliphatic rings. The van der Waals surface area contributed by atoms with Crippen molar-refractivity contribution in [2.24, 2.45) is 5.92 Å². The van der Waals surface area contributed by atoms with E-state index in [0.717, 1.165) is 12.0 Å². The van der Waals surface area contributed by atoms with Crippen molar-refractivity contribution >= 4 is 15.9 Å². The average molecular weight is 345 g/mol. The van der Waals surface area contributed by atoms with Crippen LogP contribution in [0.4, 0.5) is 0 Å². The van der Waals surface area contributed by atoms with E-state index in [-0.39, 0.29) is 10.8 Å². The molecule has 0 spiro atoms. The van der Waals surface area contributed by atoms with Crippen LogP contribution in [0.25, 0.3) is 0 Å². The minimum atomic E-state index is -3.89. The fraction of sp³-hybridized carbons (Fsp3) is 0.294. The molecule has 1 aromatic carbocycles. The van der Waals surface area contributed by atoms with Gasteiger partial charge in [-0.1, -0.05) is 42.5 Å². The highest BCUT2D eigenvalue weighted by Crippen LogP contribution is 2.19. The van der Waals surface area contributed by atoms with Crippen LogP contribution in [0.15, 0.2) is 59.8 Å². The number of carbonyl (C=O) groups is 1. The van der Waals surface area contributed by atoms with Crippen molar-refractivity contribution in [2.75, 3.05) is 0 Å². The zero-order chi connectivity index (χ0) is 17.0. The Morgan fingerprint density at radius 3 is 2.75 bits per heavy atom. The molecule has 0 aliphatic heterocycles. The molecule has 6 nitrogen and oxygen atoms in total. The van der Waals surface area contributed by atoms with E-state index in [0.29, 0.717) is 19.4 Å². The van der Waals surface area contributed by atoms with Gasteiger partial charge in [-0.25, -0.2) is 13.1 Å². The first-order chi connectivity index (χ1) is 11.5. The molecule has 24 heavy (non-hydrogen) atoms. The van der Waals surface area contributed by atoms with Crippen LogP contribution in [0.1, 0.15) is 24.8 Å². The van der Waals surface area contributed by atoms with Gasteiger partial charge in [-0.15, -0.1) is 0 Å². The number of sulfonamides is 1. The van der Waals surface area contributed by atoms with Gasteiger partial charge in [0.05, 0.1) is 12.7 Å². The van der Waals surface area contributed by atoms with Gasteiger partial charge in [-0.05, 0) is 24.8 Å². The topological polar surface area (TPSA) is 81.1 Å². The zero-order valence-electron chi connectivity index (χ0n) is 13.1. The van der Waals surface area contributed by atoms with E-state index in [1.165, 1.54) is 17.1 Å². The second-order valence-electron chi connectivity index (χ2n) is 5.81. The summed E-state index contributed by atoms with van der Waals surface area (Å²) in [6.07, 6.45) is 8.67. The molecule has 1 aliphatic carbocycles. The Hall–Kier alpha value is -2.41. The Balaban J connectivity index is 1.68. The molecule has 0 saturated heterocycles. The largest absolute Gasteiger partial charge is 0.274 e. The van der Waals surface area contributed by atoms with Crippen LogP contribution in [0.5, 0.6) is 0 Å². The molecule has 0 saturated carbocycles. The summed E-state index contributed by atoms with van der Waals surface area (Å²) in [6.45, 7) is 0.470. The summed E-state index contributed by atoms with van der Waals surface area (Å²) in [6, 6.07) is 9.62. The quantitative estimate of drug-likeness (QED) is 0.842. The van der Waals surface area contributed by atoms with Gasteiger partial charge >= 0.3 is 0 Å². The minimum absolute atomic E-state index is 0.00173. The number of amides is 1. The number of nitrogens with zero attached hydrogens (tertiary/aromatic N) is 2. The van der Waals surface area contributed by atoms with Gasteiger partial charge < -0.3 is 0 Å². The first-order valence-corrected chi connectivity index (χ1v) is 9.31. The third-order valence-corrected chi connectivity index (χ3v) is 5.28. The van der Waals surface area contributed by atoms with Crippen molar-refractivity contribution in [1.29, 1.82) is 0 Å². The molecule has 1 atom stereocenters. The molecule has 3 rings (SSSR count). The van der Waals surface area contributed by atoms with Gasteiger partial charge in [0.1, 0.15) is 4.90 Å². The smallest absolute Gasteiger partial charge is 0.267 e. The monoisotopic (exact) mass is 345 g/mol. The molecule has 126 valence electrons. The lowest BCUT2D eigenvalue weighted by molar-refractivity contribution is -0.123. The van der Waals surface area contributed by atoms with Crippen LogP contribution in [0.3, 0.4) is 0 Å². The van der Waals surface area contributed by atoms with Crippen LogP contribution in [-0.4, -0.2) is 24.1 Å². The number of benzene rings is 1. The van der Waals surface area contributed by atoms with Gasteiger partial charge in [0.2, 0.25) is 5.91 Å². The molecule has 0 bridgehead atoms. The molecule has 1 N–H and O–H groups in total. The van der Waals surface area contributed by atoms with E-state index in [2.05, 4.69) is 9.82 Å². The van der Waals surface area contributed by atoms with Gasteiger partial charge in [0, 0.05) is 12.1 Å². The van der Waals surface area contributed by atoms with Gasteiger partial charge in [-0.3, -0.25) is 9.48 Å². The maximum atomic E-state index is 12.3. The molecule has 1 heterocycles. The lowest BCUT2D eigenvalue weighted by Gasteiger charge is -2.16. The zero-order valence-corrected chi connectivity index (χ0v) is 13.9. The molecule has 1 aromatic heterocycles. The number of nitrogens with one attached hydrogen (secondary N) is 1. The average Bonchev–Trinajstić information content (AvgIpc) is 3.06. The second-order valence-corrected chi connectivity index (χ2v) is 7.49. The molecule has 0 radical (unpaired) electrons. The molecule has 2 aromatic rings. The molecular formula is C17H19N3O3S. The van der Waals surface area contributed by atoms with Crippen molar-refractivity contribution in [1.82, 2.24) is 14.5 Å². The van der Waals surface area contributed by atoms with Crippen molar-refractivity contribution < 1.29 is 13.2 Å². The van der Waals surface area contributed by atoms with E-state index in [4.69, 9.17) is 0 Å². The highest BCUT2D eigenvalue weighted by atomic mass is 32.2. The number of hydrogen-bond donors (Lipinski definition) is 1. The highest BCUT2D eigenvalue weighted by Gasteiger charge is 2.25. The van der Waals surface area contributed by atoms with Crippen LogP contribution in [0.2, 0.25) is 0 Å². The lowest BCUT2D eigenvalue weighted by atomic mass is 9.94. The van der Waals surface area contributed by atoms with Crippen LogP contribution in [0, 0.1) is 5.92 Å². The Morgan fingerprint density at radius 2 is 2.04 bits per heavy atom. The Morgan fingerprint density at radius 1 is 1.25 bits per heavy atom. The van der Waals surface area contributed by atoms with Crippen LogP contribution < -0.4 is 4.72 Å². The van der Waals surface area contributed by atoms with E-state index >= 15 is 0 Å². The van der Waals surface area contributed by atoms with E-state index in [9.17, 15) is 13.2 Å². The third-order valence-electron chi connectivity index (χ3n) is 3.98. The van der Waals surface area contributed by atoms with Crippen molar-refractivity contribution in [3.63, 3.8) is 0 Å². The first-order valence-electron chi connectivity index (χ1n) is 7.82. The number of aromatic nitrogens is 2. The fourth-order valence-corrected chi connectivity index (χ4v) is 3.64. The van der Waals surface area contributed by atoms with E-state index < -0.39 is 15.9 Å². The molecule has 0 fully saturated rings. The Labute approximate surface area is 141 Å². The lowest BCUT2D eigenvalue weighted by Crippen LogP contribution is -2.35. The van der Waals surface area contributed by atoms with E-state index in [1.54, 1.807) is 0 Å². The number of rotatable bonds is 5. The van der Waals surface area contributed by atoms with Crippen LogP contribution >= 0.6 is 0 Å². The van der Waals surface area contributed by atoms with Crippen molar-refractivity contribution in [3.05, 3.63) is 60.4 Å². The highest BCUT2D eigenvalue weighted by molar-refractivity contribution is 7.90.